The maximum Gasteiger partial charge on any atom is 0.136 e. The molecule has 2 aliphatic heterocycles. The van der Waals surface area contributed by atoms with Gasteiger partial charge in [-0.25, -0.2) is 0 Å². The van der Waals surface area contributed by atoms with E-state index >= 15 is 0 Å². The molecule has 4 aliphatic rings. The molecule has 336 valence electrons. The first-order valence-corrected chi connectivity index (χ1v) is 25.5. The van der Waals surface area contributed by atoms with Gasteiger partial charge in [0, 0.05) is 48.6 Å². The van der Waals surface area contributed by atoms with Crippen LogP contribution in [0.3, 0.4) is 0 Å². The molecule has 4 heteroatoms. The van der Waals surface area contributed by atoms with Crippen molar-refractivity contribution in [3.05, 3.63) is 293 Å². The molecule has 0 N–H and O–H groups in total. The number of anilines is 3. The van der Waals surface area contributed by atoms with Crippen LogP contribution in [0.25, 0.3) is 55.3 Å². The first-order chi connectivity index (χ1) is 35.7. The third-order valence-corrected chi connectivity index (χ3v) is 17.2. The summed E-state index contributed by atoms with van der Waals surface area (Å²) in [6.45, 7) is 0. The zero-order valence-corrected chi connectivity index (χ0v) is 39.7. The van der Waals surface area contributed by atoms with Crippen LogP contribution in [0.5, 0.6) is 11.5 Å². The molecule has 0 saturated heterocycles. The van der Waals surface area contributed by atoms with E-state index in [4.69, 9.17) is 9.15 Å². The summed E-state index contributed by atoms with van der Waals surface area (Å²) >= 11 is 1.88. The summed E-state index contributed by atoms with van der Waals surface area (Å²) in [5, 5.41) is 2.26. The molecule has 3 nitrogen and oxygen atoms in total. The maximum atomic E-state index is 6.77. The lowest BCUT2D eigenvalue weighted by Gasteiger charge is -2.40. The second-order valence-electron chi connectivity index (χ2n) is 19.4. The first-order valence-electron chi connectivity index (χ1n) is 24.7. The quantitative estimate of drug-likeness (QED) is 0.176. The van der Waals surface area contributed by atoms with Crippen molar-refractivity contribution in [1.82, 2.24) is 0 Å². The monoisotopic (exact) mass is 935 g/mol. The first kappa shape index (κ1) is 40.0. The Morgan fingerprint density at radius 3 is 1.60 bits per heavy atom. The predicted molar refractivity (Wildman–Crippen MR) is 293 cm³/mol. The number of para-hydroxylation sites is 3. The Hall–Kier alpha value is -8.83. The second-order valence-corrected chi connectivity index (χ2v) is 20.5. The van der Waals surface area contributed by atoms with Crippen molar-refractivity contribution in [2.75, 3.05) is 4.90 Å². The summed E-state index contributed by atoms with van der Waals surface area (Å²) in [7, 11) is 0. The van der Waals surface area contributed by atoms with Gasteiger partial charge in [-0.05, 0) is 134 Å². The maximum absolute atomic E-state index is 6.77. The fraction of sp³-hybridized carbons (Fsp3) is 0.0294. The van der Waals surface area contributed by atoms with Crippen LogP contribution < -0.4 is 9.64 Å². The Balaban J connectivity index is 0.960. The number of hydrogen-bond donors (Lipinski definition) is 0. The summed E-state index contributed by atoms with van der Waals surface area (Å²) in [6, 6.07) is 91.7. The smallest absolute Gasteiger partial charge is 0.136 e. The minimum absolute atomic E-state index is 0.523. The second kappa shape index (κ2) is 14.8. The molecule has 0 amide bonds. The highest BCUT2D eigenvalue weighted by Gasteiger charge is 2.53. The van der Waals surface area contributed by atoms with Crippen molar-refractivity contribution in [2.24, 2.45) is 0 Å². The van der Waals surface area contributed by atoms with Crippen LogP contribution in [-0.4, -0.2) is 0 Å². The van der Waals surface area contributed by atoms with Crippen LogP contribution in [0.1, 0.15) is 44.5 Å². The average molecular weight is 936 g/mol. The van der Waals surface area contributed by atoms with Gasteiger partial charge in [0.25, 0.3) is 0 Å². The topological polar surface area (TPSA) is 25.6 Å². The van der Waals surface area contributed by atoms with Gasteiger partial charge in [-0.3, -0.25) is 0 Å². The van der Waals surface area contributed by atoms with Crippen molar-refractivity contribution in [2.45, 2.75) is 20.6 Å². The molecule has 2 spiro atoms. The van der Waals surface area contributed by atoms with E-state index in [0.29, 0.717) is 0 Å². The highest BCUT2D eigenvalue weighted by Crippen LogP contribution is 2.66. The summed E-state index contributed by atoms with van der Waals surface area (Å²) in [6.07, 6.45) is 0. The number of fused-ring (bicyclic) bond motifs is 21. The molecule has 3 heterocycles. The zero-order valence-electron chi connectivity index (χ0n) is 38.8. The van der Waals surface area contributed by atoms with Gasteiger partial charge < -0.3 is 14.1 Å². The lowest BCUT2D eigenvalue weighted by molar-refractivity contribution is 0.436. The lowest BCUT2D eigenvalue weighted by atomic mass is 9.66. The number of ether oxygens (including phenoxy) is 1. The number of hydrogen-bond acceptors (Lipinski definition) is 4. The summed E-state index contributed by atoms with van der Waals surface area (Å²) in [5.41, 5.74) is 21.1. The van der Waals surface area contributed by atoms with Crippen LogP contribution in [0.15, 0.2) is 263 Å². The lowest BCUT2D eigenvalue weighted by Crippen LogP contribution is -2.32. The zero-order chi connectivity index (χ0) is 47.1. The molecule has 0 saturated carbocycles. The van der Waals surface area contributed by atoms with Crippen LogP contribution in [0, 0.1) is 0 Å². The fourth-order valence-electron chi connectivity index (χ4n) is 13.2. The largest absolute Gasteiger partial charge is 0.457 e. The van der Waals surface area contributed by atoms with E-state index in [0.717, 1.165) is 72.8 Å². The van der Waals surface area contributed by atoms with E-state index < -0.39 is 10.8 Å². The van der Waals surface area contributed by atoms with Crippen molar-refractivity contribution < 1.29 is 9.15 Å². The minimum Gasteiger partial charge on any atom is -0.457 e. The SMILES string of the molecule is c1ccc2c(c1)Oc1ccccc1C21c2ccccc2-c2ccc(N(c3ccc(-c4ccc5c(c4)oc4ccccc45)cc3)c3cccc4c3-c3ccccc3C43c4ccccc4Sc4ccccc43)cc21. The van der Waals surface area contributed by atoms with Crippen LogP contribution in [0.4, 0.5) is 17.1 Å². The van der Waals surface area contributed by atoms with Crippen molar-refractivity contribution in [1.29, 1.82) is 0 Å². The molecule has 0 atom stereocenters. The van der Waals surface area contributed by atoms with E-state index in [2.05, 4.69) is 241 Å². The van der Waals surface area contributed by atoms with Crippen molar-refractivity contribution >= 4 is 50.8 Å². The number of furan rings is 1. The van der Waals surface area contributed by atoms with Crippen molar-refractivity contribution in [3.63, 3.8) is 0 Å². The molecule has 0 bridgehead atoms. The van der Waals surface area contributed by atoms with Gasteiger partial charge in [0.15, 0.2) is 0 Å². The fourth-order valence-corrected chi connectivity index (χ4v) is 14.4. The normalized spacial score (nSPS) is 14.4. The molecule has 72 heavy (non-hydrogen) atoms. The molecular formula is C68H41NO2S. The third-order valence-electron chi connectivity index (χ3n) is 16.0. The van der Waals surface area contributed by atoms with Crippen molar-refractivity contribution in [3.8, 4) is 44.9 Å². The predicted octanol–water partition coefficient (Wildman–Crippen LogP) is 18.0. The van der Waals surface area contributed by atoms with Gasteiger partial charge in [0.05, 0.1) is 16.5 Å². The Kier molecular flexibility index (Phi) is 8.24. The number of benzene rings is 11. The average Bonchev–Trinajstić information content (AvgIpc) is 4.07. The molecular weight excluding hydrogens is 895 g/mol. The van der Waals surface area contributed by atoms with E-state index in [1.54, 1.807) is 0 Å². The molecule has 12 aromatic rings. The number of rotatable bonds is 4. The molecule has 1 aromatic heterocycles. The summed E-state index contributed by atoms with van der Waals surface area (Å²) in [5.74, 6) is 1.76. The van der Waals surface area contributed by atoms with E-state index in [1.165, 1.54) is 65.4 Å². The molecule has 16 rings (SSSR count). The highest BCUT2D eigenvalue weighted by atomic mass is 32.2. The van der Waals surface area contributed by atoms with E-state index in [-0.39, 0.29) is 0 Å². The van der Waals surface area contributed by atoms with E-state index in [1.807, 2.05) is 23.9 Å². The molecule has 11 aromatic carbocycles. The minimum atomic E-state index is -0.624. The molecule has 0 fully saturated rings. The third kappa shape index (κ3) is 5.21. The number of nitrogens with zero attached hydrogens (tertiary/aromatic N) is 1. The van der Waals surface area contributed by atoms with Gasteiger partial charge in [-0.2, -0.15) is 0 Å². The van der Waals surface area contributed by atoms with Gasteiger partial charge in [0.2, 0.25) is 0 Å². The van der Waals surface area contributed by atoms with Gasteiger partial charge >= 0.3 is 0 Å². The van der Waals surface area contributed by atoms with E-state index in [9.17, 15) is 0 Å². The van der Waals surface area contributed by atoms with Gasteiger partial charge in [-0.15, -0.1) is 0 Å². The Morgan fingerprint density at radius 1 is 0.333 bits per heavy atom. The van der Waals surface area contributed by atoms with Gasteiger partial charge in [0.1, 0.15) is 22.7 Å². The standard InChI is InChI=1S/C68H41NO2S/c1-4-19-51-46(16-1)47-39-37-45(41-58(47)67(51)53-21-6-11-28-61(53)71-62-29-12-7-22-54(62)67)69(44-35-32-42(33-36-44)43-34-38-49-48-17-3-10-27-60(48)70-63(49)40-43)59-26-15-25-57-66(59)50-18-2-5-20-52(50)68(57)55-23-8-13-30-64(55)72-65-31-14-9-24-56(65)68/h1-41H. The molecule has 0 radical (unpaired) electrons. The molecule has 0 unspecified atom stereocenters. The molecule has 2 aliphatic carbocycles. The Bertz CT molecular complexity index is 4170. The summed E-state index contributed by atoms with van der Waals surface area (Å²) in [4.78, 5) is 5.10. The van der Waals surface area contributed by atoms with Crippen LogP contribution in [0.2, 0.25) is 0 Å². The Labute approximate surface area is 421 Å². The van der Waals surface area contributed by atoms with Crippen LogP contribution >= 0.6 is 11.8 Å². The van der Waals surface area contributed by atoms with Crippen LogP contribution in [-0.2, 0) is 10.8 Å². The highest BCUT2D eigenvalue weighted by molar-refractivity contribution is 7.99. The summed E-state index contributed by atoms with van der Waals surface area (Å²) < 4.78 is 13.2. The Morgan fingerprint density at radius 2 is 0.861 bits per heavy atom. The van der Waals surface area contributed by atoms with Gasteiger partial charge in [-0.1, -0.05) is 188 Å².